The smallest absolute Gasteiger partial charge is 0.263 e. The van der Waals surface area contributed by atoms with Gasteiger partial charge in [-0.25, -0.2) is 0 Å². The highest BCUT2D eigenvalue weighted by Crippen LogP contribution is 2.21. The number of hydrogen-bond acceptors (Lipinski definition) is 4. The van der Waals surface area contributed by atoms with Crippen molar-refractivity contribution in [2.45, 2.75) is 32.4 Å². The molecular formula is C21H22N4O3. The number of anilines is 1. The van der Waals surface area contributed by atoms with E-state index < -0.39 is 5.91 Å². The number of ether oxygens (including phenoxy) is 1. The Kier molecular flexibility index (Phi) is 5.08. The summed E-state index contributed by atoms with van der Waals surface area (Å²) >= 11 is 0. The quantitative estimate of drug-likeness (QED) is 0.714. The molecule has 1 aliphatic rings. The van der Waals surface area contributed by atoms with Crippen molar-refractivity contribution in [1.29, 1.82) is 0 Å². The fraction of sp³-hybridized carbons (Fsp3) is 0.286. The van der Waals surface area contributed by atoms with Crippen LogP contribution in [0.3, 0.4) is 0 Å². The lowest BCUT2D eigenvalue weighted by Crippen LogP contribution is -2.32. The maximum Gasteiger partial charge on any atom is 0.263 e. The van der Waals surface area contributed by atoms with Gasteiger partial charge in [-0.1, -0.05) is 12.1 Å². The van der Waals surface area contributed by atoms with Gasteiger partial charge in [0.1, 0.15) is 5.56 Å². The lowest BCUT2D eigenvalue weighted by Gasteiger charge is -2.14. The maximum atomic E-state index is 12.9. The number of rotatable bonds is 5. The molecule has 1 aromatic carbocycles. The number of hydrogen-bond donors (Lipinski definition) is 2. The highest BCUT2D eigenvalue weighted by Gasteiger charge is 2.20. The Labute approximate surface area is 162 Å². The predicted molar refractivity (Wildman–Crippen MR) is 106 cm³/mol. The van der Waals surface area contributed by atoms with Crippen LogP contribution >= 0.6 is 0 Å². The van der Waals surface area contributed by atoms with Gasteiger partial charge in [-0.3, -0.25) is 14.7 Å². The molecule has 1 aliphatic heterocycles. The van der Waals surface area contributed by atoms with Gasteiger partial charge in [0.15, 0.2) is 0 Å². The first kappa shape index (κ1) is 18.2. The fourth-order valence-electron chi connectivity index (χ4n) is 3.47. The van der Waals surface area contributed by atoms with E-state index in [9.17, 15) is 9.59 Å². The van der Waals surface area contributed by atoms with Crippen molar-refractivity contribution in [3.63, 3.8) is 0 Å². The summed E-state index contributed by atoms with van der Waals surface area (Å²) in [6.07, 6.45) is 5.37. The zero-order chi connectivity index (χ0) is 19.5. The van der Waals surface area contributed by atoms with Crippen LogP contribution in [0.15, 0.2) is 53.6 Å². The predicted octanol–water partition coefficient (Wildman–Crippen LogP) is 2.98. The van der Waals surface area contributed by atoms with Crippen LogP contribution in [0.4, 0.5) is 5.69 Å². The van der Waals surface area contributed by atoms with E-state index in [-0.39, 0.29) is 17.2 Å². The third-order valence-corrected chi connectivity index (χ3v) is 4.96. The van der Waals surface area contributed by atoms with E-state index in [1.54, 1.807) is 36.0 Å². The van der Waals surface area contributed by atoms with E-state index in [0.717, 1.165) is 30.7 Å². The molecule has 0 spiro atoms. The minimum atomic E-state index is -0.411. The van der Waals surface area contributed by atoms with Crippen LogP contribution in [0.1, 0.15) is 28.8 Å². The molecule has 1 saturated heterocycles. The van der Waals surface area contributed by atoms with Crippen molar-refractivity contribution in [3.05, 3.63) is 70.3 Å². The number of aromatic amines is 1. The van der Waals surface area contributed by atoms with Crippen molar-refractivity contribution in [2.24, 2.45) is 0 Å². The Morgan fingerprint density at radius 2 is 2.25 bits per heavy atom. The summed E-state index contributed by atoms with van der Waals surface area (Å²) < 4.78 is 7.19. The van der Waals surface area contributed by atoms with Gasteiger partial charge in [-0.2, -0.15) is 5.10 Å². The third-order valence-electron chi connectivity index (χ3n) is 4.96. The lowest BCUT2D eigenvalue weighted by atomic mass is 10.1. The topological polar surface area (TPSA) is 89.0 Å². The first-order valence-corrected chi connectivity index (χ1v) is 9.34. The second kappa shape index (κ2) is 7.82. The average molecular weight is 378 g/mol. The SMILES string of the molecule is Cc1ccn(CC2CCCO2)c(=O)c1C(=O)Nc1cccc(-c2ccn[nH]2)c1. The normalized spacial score (nSPS) is 16.2. The van der Waals surface area contributed by atoms with Crippen molar-refractivity contribution < 1.29 is 9.53 Å². The van der Waals surface area contributed by atoms with Gasteiger partial charge in [0.25, 0.3) is 11.5 Å². The number of aromatic nitrogens is 3. The van der Waals surface area contributed by atoms with Crippen molar-refractivity contribution in [1.82, 2.24) is 14.8 Å². The minimum absolute atomic E-state index is 0.0300. The van der Waals surface area contributed by atoms with E-state index in [1.807, 2.05) is 24.3 Å². The average Bonchev–Trinajstić information content (AvgIpc) is 3.38. The van der Waals surface area contributed by atoms with Gasteiger partial charge in [-0.05, 0) is 49.6 Å². The van der Waals surface area contributed by atoms with Crippen LogP contribution in [0.5, 0.6) is 0 Å². The van der Waals surface area contributed by atoms with Crippen LogP contribution in [-0.2, 0) is 11.3 Å². The van der Waals surface area contributed by atoms with Gasteiger partial charge < -0.3 is 14.6 Å². The number of benzene rings is 1. The molecule has 1 fully saturated rings. The summed E-state index contributed by atoms with van der Waals surface area (Å²) in [5.74, 6) is -0.411. The second-order valence-electron chi connectivity index (χ2n) is 6.97. The molecule has 3 aromatic rings. The molecule has 7 heteroatoms. The van der Waals surface area contributed by atoms with Gasteiger partial charge in [-0.15, -0.1) is 0 Å². The van der Waals surface area contributed by atoms with E-state index in [4.69, 9.17) is 4.74 Å². The number of nitrogens with zero attached hydrogens (tertiary/aromatic N) is 2. The third kappa shape index (κ3) is 3.75. The van der Waals surface area contributed by atoms with Crippen molar-refractivity contribution in [3.8, 4) is 11.3 Å². The van der Waals surface area contributed by atoms with Gasteiger partial charge >= 0.3 is 0 Å². The molecule has 1 amide bonds. The molecule has 1 atom stereocenters. The molecule has 2 aromatic heterocycles. The molecule has 4 rings (SSSR count). The zero-order valence-corrected chi connectivity index (χ0v) is 15.6. The van der Waals surface area contributed by atoms with E-state index >= 15 is 0 Å². The second-order valence-corrected chi connectivity index (χ2v) is 6.97. The van der Waals surface area contributed by atoms with Crippen LogP contribution in [0.25, 0.3) is 11.3 Å². The summed E-state index contributed by atoms with van der Waals surface area (Å²) in [7, 11) is 0. The molecule has 144 valence electrons. The minimum Gasteiger partial charge on any atom is -0.376 e. The largest absolute Gasteiger partial charge is 0.376 e. The Morgan fingerprint density at radius 1 is 1.36 bits per heavy atom. The molecule has 1 unspecified atom stereocenters. The van der Waals surface area contributed by atoms with Crippen LogP contribution in [0.2, 0.25) is 0 Å². The molecular weight excluding hydrogens is 356 g/mol. The van der Waals surface area contributed by atoms with Gasteiger partial charge in [0, 0.05) is 30.3 Å². The van der Waals surface area contributed by atoms with E-state index in [0.29, 0.717) is 17.8 Å². The molecule has 0 aliphatic carbocycles. The van der Waals surface area contributed by atoms with Gasteiger partial charge in [0.2, 0.25) is 0 Å². The van der Waals surface area contributed by atoms with Crippen molar-refractivity contribution >= 4 is 11.6 Å². The van der Waals surface area contributed by atoms with Crippen LogP contribution < -0.4 is 10.9 Å². The summed E-state index contributed by atoms with van der Waals surface area (Å²) in [5.41, 5.74) is 2.88. The number of nitrogens with one attached hydrogen (secondary N) is 2. The Balaban J connectivity index is 1.58. The molecule has 0 saturated carbocycles. The van der Waals surface area contributed by atoms with Crippen LogP contribution in [-0.4, -0.2) is 33.4 Å². The zero-order valence-electron chi connectivity index (χ0n) is 15.6. The number of amides is 1. The highest BCUT2D eigenvalue weighted by molar-refractivity contribution is 6.05. The molecule has 2 N–H and O–H groups in total. The maximum absolute atomic E-state index is 12.9. The standard InChI is InChI=1S/C21H22N4O3/c1-14-8-10-25(13-17-6-3-11-28-17)21(27)19(14)20(26)23-16-5-2-4-15(12-16)18-7-9-22-24-18/h2,4-5,7-10,12,17H,3,6,11,13H2,1H3,(H,22,24)(H,23,26). The molecule has 28 heavy (non-hydrogen) atoms. The van der Waals surface area contributed by atoms with Gasteiger partial charge in [0.05, 0.1) is 18.3 Å². The molecule has 7 nitrogen and oxygen atoms in total. The number of aryl methyl sites for hydroxylation is 1. The van der Waals surface area contributed by atoms with Crippen LogP contribution in [0, 0.1) is 6.92 Å². The molecule has 0 radical (unpaired) electrons. The van der Waals surface area contributed by atoms with E-state index in [2.05, 4.69) is 15.5 Å². The summed E-state index contributed by atoms with van der Waals surface area (Å²) in [4.78, 5) is 25.8. The highest BCUT2D eigenvalue weighted by atomic mass is 16.5. The molecule has 0 bridgehead atoms. The number of carbonyl (C=O) groups excluding carboxylic acids is 1. The Hall–Kier alpha value is -3.19. The van der Waals surface area contributed by atoms with Crippen molar-refractivity contribution in [2.75, 3.05) is 11.9 Å². The number of carbonyl (C=O) groups is 1. The number of pyridine rings is 1. The summed E-state index contributed by atoms with van der Waals surface area (Å²) in [6, 6.07) is 11.1. The molecule has 3 heterocycles. The summed E-state index contributed by atoms with van der Waals surface area (Å²) in [5, 5.41) is 9.69. The lowest BCUT2D eigenvalue weighted by molar-refractivity contribution is 0.0952. The first-order valence-electron chi connectivity index (χ1n) is 9.34. The fourth-order valence-corrected chi connectivity index (χ4v) is 3.47. The Morgan fingerprint density at radius 3 is 3.00 bits per heavy atom. The summed E-state index contributed by atoms with van der Waals surface area (Å²) in [6.45, 7) is 2.97. The number of H-pyrrole nitrogens is 1. The van der Waals surface area contributed by atoms with E-state index in [1.165, 1.54) is 0 Å². The monoisotopic (exact) mass is 378 g/mol. The Bertz CT molecular complexity index is 1030. The first-order chi connectivity index (χ1) is 13.6.